The molecule has 1 N–H and O–H groups in total. The van der Waals surface area contributed by atoms with Crippen LogP contribution < -0.4 is 10.1 Å². The predicted octanol–water partition coefficient (Wildman–Crippen LogP) is 6.41. The number of carbonyl (C=O) groups is 1. The van der Waals surface area contributed by atoms with Crippen LogP contribution in [0.4, 0.5) is 5.69 Å². The molecule has 0 atom stereocenters. The third-order valence-electron chi connectivity index (χ3n) is 4.59. The van der Waals surface area contributed by atoms with Crippen LogP contribution in [0.15, 0.2) is 46.0 Å². The molecule has 4 aromatic rings. The Kier molecular flexibility index (Phi) is 6.85. The number of aromatic nitrogens is 3. The van der Waals surface area contributed by atoms with Crippen LogP contribution in [0, 0.1) is 0 Å². The fourth-order valence-electron chi connectivity index (χ4n) is 3.14. The third-order valence-corrected chi connectivity index (χ3v) is 6.37. The first-order valence-corrected chi connectivity index (χ1v) is 11.6. The van der Waals surface area contributed by atoms with Crippen molar-refractivity contribution in [2.24, 2.45) is 0 Å². The van der Waals surface area contributed by atoms with Crippen LogP contribution >= 0.6 is 46.6 Å². The first-order chi connectivity index (χ1) is 15.4. The van der Waals surface area contributed by atoms with Crippen molar-refractivity contribution < 1.29 is 13.9 Å². The molecular formula is C21H17Cl3N4O3S. The summed E-state index contributed by atoms with van der Waals surface area (Å²) in [6.07, 6.45) is 0. The first kappa shape index (κ1) is 22.8. The van der Waals surface area contributed by atoms with Crippen molar-refractivity contribution in [3.63, 3.8) is 0 Å². The minimum atomic E-state index is -0.290. The van der Waals surface area contributed by atoms with E-state index in [0.717, 1.165) is 5.39 Å². The summed E-state index contributed by atoms with van der Waals surface area (Å²) in [5, 5.41) is 13.6. The molecule has 1 amide bonds. The van der Waals surface area contributed by atoms with Crippen molar-refractivity contribution in [2.45, 2.75) is 18.6 Å². The van der Waals surface area contributed by atoms with E-state index in [9.17, 15) is 4.79 Å². The van der Waals surface area contributed by atoms with Gasteiger partial charge in [0.1, 0.15) is 0 Å². The molecular weight excluding hydrogens is 495 g/mol. The molecule has 0 spiro atoms. The van der Waals surface area contributed by atoms with E-state index in [2.05, 4.69) is 15.5 Å². The van der Waals surface area contributed by atoms with Gasteiger partial charge in [0, 0.05) is 17.0 Å². The highest BCUT2D eigenvalue weighted by Gasteiger charge is 2.19. The number of nitrogens with one attached hydrogen (secondary N) is 1. The van der Waals surface area contributed by atoms with E-state index >= 15 is 0 Å². The Morgan fingerprint density at radius 3 is 2.62 bits per heavy atom. The van der Waals surface area contributed by atoms with E-state index in [-0.39, 0.29) is 21.7 Å². The summed E-state index contributed by atoms with van der Waals surface area (Å²) >= 11 is 19.4. The summed E-state index contributed by atoms with van der Waals surface area (Å²) < 4.78 is 13.2. The number of halogens is 3. The SMILES string of the molecule is CCn1c(SCC(=O)Nc2c(Cl)cc(Cl)cc2Cl)nnc1-c1cc2cccc(OC)c2o1. The van der Waals surface area contributed by atoms with Gasteiger partial charge < -0.3 is 14.5 Å². The number of fused-ring (bicyclic) bond motifs is 1. The Bertz CT molecular complexity index is 1280. The Morgan fingerprint density at radius 2 is 1.94 bits per heavy atom. The van der Waals surface area contributed by atoms with Crippen LogP contribution in [0.5, 0.6) is 5.75 Å². The van der Waals surface area contributed by atoms with Gasteiger partial charge in [0.2, 0.25) is 11.7 Å². The zero-order valence-electron chi connectivity index (χ0n) is 17.0. The number of methoxy groups -OCH3 is 1. The first-order valence-electron chi connectivity index (χ1n) is 9.48. The van der Waals surface area contributed by atoms with Crippen molar-refractivity contribution in [1.82, 2.24) is 14.8 Å². The second kappa shape index (κ2) is 9.62. The molecule has 2 heterocycles. The Hall–Kier alpha value is -2.39. The number of furan rings is 1. The predicted molar refractivity (Wildman–Crippen MR) is 128 cm³/mol. The fourth-order valence-corrected chi connectivity index (χ4v) is 4.85. The fraction of sp³-hybridized carbons (Fsp3) is 0.190. The molecule has 0 radical (unpaired) electrons. The van der Waals surface area contributed by atoms with Gasteiger partial charge >= 0.3 is 0 Å². The summed E-state index contributed by atoms with van der Waals surface area (Å²) in [7, 11) is 1.59. The maximum Gasteiger partial charge on any atom is 0.234 e. The second-order valence-corrected chi connectivity index (χ2v) is 8.81. The number of nitrogens with zero attached hydrogens (tertiary/aromatic N) is 3. The lowest BCUT2D eigenvalue weighted by Gasteiger charge is -2.10. The van der Waals surface area contributed by atoms with Gasteiger partial charge in [-0.3, -0.25) is 9.36 Å². The van der Waals surface area contributed by atoms with Gasteiger partial charge in [-0.2, -0.15) is 0 Å². The maximum absolute atomic E-state index is 12.5. The van der Waals surface area contributed by atoms with Crippen molar-refractivity contribution in [2.75, 3.05) is 18.2 Å². The standard InChI is InChI=1S/C21H17Cl3N4O3S/c1-3-28-20(16-7-11-5-4-6-15(30-2)19(11)31-16)26-27-21(28)32-10-17(29)25-18-13(23)8-12(22)9-14(18)24/h4-9H,3,10H2,1-2H3,(H,25,29). The van der Waals surface area contributed by atoms with E-state index in [4.69, 9.17) is 44.0 Å². The average Bonchev–Trinajstić information content (AvgIpc) is 3.37. The molecule has 0 fully saturated rings. The van der Waals surface area contributed by atoms with Gasteiger partial charge in [-0.1, -0.05) is 58.7 Å². The van der Waals surface area contributed by atoms with Gasteiger partial charge in [-0.25, -0.2) is 0 Å². The quantitative estimate of drug-likeness (QED) is 0.289. The molecule has 7 nitrogen and oxygen atoms in total. The lowest BCUT2D eigenvalue weighted by Crippen LogP contribution is -2.15. The lowest BCUT2D eigenvalue weighted by molar-refractivity contribution is -0.113. The van der Waals surface area contributed by atoms with E-state index in [1.807, 2.05) is 35.8 Å². The molecule has 166 valence electrons. The molecule has 0 aliphatic heterocycles. The minimum absolute atomic E-state index is 0.0847. The number of ether oxygens (including phenoxy) is 1. The second-order valence-electron chi connectivity index (χ2n) is 6.62. The number of hydrogen-bond donors (Lipinski definition) is 1. The highest BCUT2D eigenvalue weighted by atomic mass is 35.5. The topological polar surface area (TPSA) is 82.2 Å². The van der Waals surface area contributed by atoms with E-state index < -0.39 is 0 Å². The Balaban J connectivity index is 1.52. The van der Waals surface area contributed by atoms with Crippen molar-refractivity contribution in [3.05, 3.63) is 51.5 Å². The average molecular weight is 512 g/mol. The Labute approximate surface area is 203 Å². The molecule has 0 bridgehead atoms. The number of amides is 1. The summed E-state index contributed by atoms with van der Waals surface area (Å²) in [4.78, 5) is 12.5. The van der Waals surface area contributed by atoms with Crippen LogP contribution in [-0.2, 0) is 11.3 Å². The molecule has 0 saturated heterocycles. The van der Waals surface area contributed by atoms with Crippen molar-refractivity contribution in [3.8, 4) is 17.3 Å². The number of rotatable bonds is 7. The van der Waals surface area contributed by atoms with Crippen LogP contribution in [0.3, 0.4) is 0 Å². The minimum Gasteiger partial charge on any atom is -0.493 e. The molecule has 0 saturated carbocycles. The normalized spacial score (nSPS) is 11.2. The molecule has 2 aromatic heterocycles. The molecule has 0 unspecified atom stereocenters. The number of thioether (sulfide) groups is 1. The number of anilines is 1. The highest BCUT2D eigenvalue weighted by molar-refractivity contribution is 7.99. The number of carbonyl (C=O) groups excluding carboxylic acids is 1. The lowest BCUT2D eigenvalue weighted by atomic mass is 10.2. The largest absolute Gasteiger partial charge is 0.493 e. The van der Waals surface area contributed by atoms with Crippen LogP contribution in [0.1, 0.15) is 6.92 Å². The van der Waals surface area contributed by atoms with Gasteiger partial charge in [0.15, 0.2) is 22.2 Å². The van der Waals surface area contributed by atoms with Crippen molar-refractivity contribution >= 4 is 69.1 Å². The summed E-state index contributed by atoms with van der Waals surface area (Å²) in [5.74, 6) is 1.57. The zero-order chi connectivity index (χ0) is 22.8. The van der Waals surface area contributed by atoms with E-state index in [1.54, 1.807) is 7.11 Å². The van der Waals surface area contributed by atoms with Crippen LogP contribution in [0.25, 0.3) is 22.6 Å². The van der Waals surface area contributed by atoms with Gasteiger partial charge in [-0.15, -0.1) is 10.2 Å². The summed E-state index contributed by atoms with van der Waals surface area (Å²) in [5.41, 5.74) is 0.957. The van der Waals surface area contributed by atoms with Crippen LogP contribution in [-0.4, -0.2) is 33.5 Å². The zero-order valence-corrected chi connectivity index (χ0v) is 20.1. The molecule has 2 aromatic carbocycles. The smallest absolute Gasteiger partial charge is 0.234 e. The molecule has 11 heteroatoms. The van der Waals surface area contributed by atoms with Crippen molar-refractivity contribution in [1.29, 1.82) is 0 Å². The molecule has 32 heavy (non-hydrogen) atoms. The monoisotopic (exact) mass is 510 g/mol. The number of benzene rings is 2. The van der Waals surface area contributed by atoms with Crippen LogP contribution in [0.2, 0.25) is 15.1 Å². The number of para-hydroxylation sites is 1. The molecule has 0 aliphatic carbocycles. The summed E-state index contributed by atoms with van der Waals surface area (Å²) in [6.45, 7) is 2.56. The maximum atomic E-state index is 12.5. The highest BCUT2D eigenvalue weighted by Crippen LogP contribution is 2.35. The van der Waals surface area contributed by atoms with E-state index in [1.165, 1.54) is 23.9 Å². The van der Waals surface area contributed by atoms with Gasteiger partial charge in [0.05, 0.1) is 28.6 Å². The van der Waals surface area contributed by atoms with Gasteiger partial charge in [0.25, 0.3) is 0 Å². The summed E-state index contributed by atoms with van der Waals surface area (Å²) in [6, 6.07) is 10.6. The number of hydrogen-bond acceptors (Lipinski definition) is 6. The third kappa shape index (κ3) is 4.54. The van der Waals surface area contributed by atoms with E-state index in [0.29, 0.717) is 45.3 Å². The Morgan fingerprint density at radius 1 is 1.19 bits per heavy atom. The molecule has 0 aliphatic rings. The molecule has 4 rings (SSSR count). The van der Waals surface area contributed by atoms with Gasteiger partial charge in [-0.05, 0) is 31.2 Å².